The number of rotatable bonds is 7. The van der Waals surface area contributed by atoms with Gasteiger partial charge in [0, 0.05) is 17.8 Å². The van der Waals surface area contributed by atoms with Crippen molar-refractivity contribution in [1.82, 2.24) is 15.2 Å². The van der Waals surface area contributed by atoms with Gasteiger partial charge < -0.3 is 20.1 Å². The molecule has 0 fully saturated rings. The summed E-state index contributed by atoms with van der Waals surface area (Å²) in [7, 11) is 3.28. The molecular weight excluding hydrogens is 318 g/mol. The van der Waals surface area contributed by atoms with Crippen molar-refractivity contribution in [1.29, 1.82) is 0 Å². The summed E-state index contributed by atoms with van der Waals surface area (Å²) in [5, 5.41) is 14.3. The lowest BCUT2D eigenvalue weighted by molar-refractivity contribution is 0.410. The van der Waals surface area contributed by atoms with Gasteiger partial charge in [-0.3, -0.25) is 0 Å². The second-order valence-corrected chi connectivity index (χ2v) is 5.18. The molecule has 0 aliphatic carbocycles. The summed E-state index contributed by atoms with van der Waals surface area (Å²) >= 11 is 0. The van der Waals surface area contributed by atoms with Crippen molar-refractivity contribution in [2.45, 2.75) is 6.54 Å². The van der Waals surface area contributed by atoms with Gasteiger partial charge in [-0.1, -0.05) is 18.2 Å². The molecule has 3 aromatic rings. The van der Waals surface area contributed by atoms with Crippen LogP contribution < -0.4 is 20.1 Å². The normalized spacial score (nSPS) is 10.2. The zero-order chi connectivity index (χ0) is 17.5. The molecule has 0 unspecified atom stereocenters. The van der Waals surface area contributed by atoms with Crippen LogP contribution in [0.15, 0.2) is 54.7 Å². The minimum Gasteiger partial charge on any atom is -0.497 e. The minimum atomic E-state index is 0.435. The van der Waals surface area contributed by atoms with Crippen molar-refractivity contribution in [2.75, 3.05) is 24.9 Å². The molecule has 2 aromatic carbocycles. The Morgan fingerprint density at radius 3 is 2.52 bits per heavy atom. The third-order valence-corrected chi connectivity index (χ3v) is 3.55. The van der Waals surface area contributed by atoms with Crippen molar-refractivity contribution in [3.05, 3.63) is 60.3 Å². The summed E-state index contributed by atoms with van der Waals surface area (Å²) < 4.78 is 10.5. The van der Waals surface area contributed by atoms with Gasteiger partial charge in [0.25, 0.3) is 0 Å². The third kappa shape index (κ3) is 4.35. The van der Waals surface area contributed by atoms with Crippen LogP contribution in [0.4, 0.5) is 17.5 Å². The zero-order valence-electron chi connectivity index (χ0n) is 14.1. The lowest BCUT2D eigenvalue weighted by Gasteiger charge is -2.10. The van der Waals surface area contributed by atoms with Gasteiger partial charge in [0.2, 0.25) is 5.95 Å². The Morgan fingerprint density at radius 1 is 0.960 bits per heavy atom. The molecule has 0 radical (unpaired) electrons. The van der Waals surface area contributed by atoms with Crippen molar-refractivity contribution in [3.8, 4) is 11.5 Å². The molecule has 128 valence electrons. The second-order valence-electron chi connectivity index (χ2n) is 5.18. The molecule has 3 rings (SSSR count). The smallest absolute Gasteiger partial charge is 0.244 e. The summed E-state index contributed by atoms with van der Waals surface area (Å²) in [6.45, 7) is 0.539. The monoisotopic (exact) mass is 337 g/mol. The quantitative estimate of drug-likeness (QED) is 0.685. The van der Waals surface area contributed by atoms with Gasteiger partial charge in [0.15, 0.2) is 5.82 Å². The number of para-hydroxylation sites is 1. The number of benzene rings is 2. The summed E-state index contributed by atoms with van der Waals surface area (Å²) in [5.74, 6) is 2.65. The number of nitrogens with one attached hydrogen (secondary N) is 2. The predicted octanol–water partition coefficient (Wildman–Crippen LogP) is 3.24. The van der Waals surface area contributed by atoms with Crippen LogP contribution in [0.25, 0.3) is 0 Å². The molecule has 1 aromatic heterocycles. The van der Waals surface area contributed by atoms with E-state index >= 15 is 0 Å². The maximum absolute atomic E-state index is 5.34. The van der Waals surface area contributed by atoms with E-state index in [4.69, 9.17) is 9.47 Å². The van der Waals surface area contributed by atoms with Crippen LogP contribution in [-0.4, -0.2) is 29.4 Å². The molecule has 0 aliphatic rings. The number of nitrogens with zero attached hydrogens (tertiary/aromatic N) is 3. The highest BCUT2D eigenvalue weighted by Crippen LogP contribution is 2.20. The van der Waals surface area contributed by atoms with Gasteiger partial charge in [0.1, 0.15) is 11.5 Å². The molecular formula is C18H19N5O2. The fourth-order valence-electron chi connectivity index (χ4n) is 2.28. The molecule has 0 amide bonds. The number of hydrogen-bond acceptors (Lipinski definition) is 7. The Labute approximate surface area is 146 Å². The summed E-state index contributed by atoms with van der Waals surface area (Å²) in [6.07, 6.45) is 1.57. The number of methoxy groups -OCH3 is 2. The number of anilines is 3. The molecule has 0 atom stereocenters. The molecule has 0 aliphatic heterocycles. The van der Waals surface area contributed by atoms with Gasteiger partial charge in [-0.25, -0.2) is 0 Å². The van der Waals surface area contributed by atoms with Crippen LogP contribution in [0.3, 0.4) is 0 Å². The van der Waals surface area contributed by atoms with E-state index in [1.807, 2.05) is 48.5 Å². The molecule has 0 spiro atoms. The van der Waals surface area contributed by atoms with Gasteiger partial charge in [-0.2, -0.15) is 10.1 Å². The van der Waals surface area contributed by atoms with Gasteiger partial charge in [-0.05, 0) is 30.3 Å². The van der Waals surface area contributed by atoms with Crippen LogP contribution in [0, 0.1) is 0 Å². The van der Waals surface area contributed by atoms with Gasteiger partial charge >= 0.3 is 0 Å². The Morgan fingerprint density at radius 2 is 1.76 bits per heavy atom. The average Bonchev–Trinajstić information content (AvgIpc) is 2.67. The number of hydrogen-bond donors (Lipinski definition) is 2. The Balaban J connectivity index is 1.66. The molecule has 7 nitrogen and oxygen atoms in total. The van der Waals surface area contributed by atoms with Crippen molar-refractivity contribution >= 4 is 17.5 Å². The third-order valence-electron chi connectivity index (χ3n) is 3.55. The molecule has 2 N–H and O–H groups in total. The van der Waals surface area contributed by atoms with Crippen LogP contribution in [0.2, 0.25) is 0 Å². The maximum atomic E-state index is 5.34. The minimum absolute atomic E-state index is 0.435. The van der Waals surface area contributed by atoms with Crippen molar-refractivity contribution in [3.63, 3.8) is 0 Å². The highest BCUT2D eigenvalue weighted by Gasteiger charge is 2.05. The van der Waals surface area contributed by atoms with Crippen LogP contribution in [0.5, 0.6) is 11.5 Å². The lowest BCUT2D eigenvalue weighted by Crippen LogP contribution is -2.07. The first-order chi connectivity index (χ1) is 12.3. The van der Waals surface area contributed by atoms with E-state index in [0.29, 0.717) is 18.3 Å². The fraction of sp³-hybridized carbons (Fsp3) is 0.167. The summed E-state index contributed by atoms with van der Waals surface area (Å²) in [5.41, 5.74) is 1.90. The SMILES string of the molecule is COc1ccc(Nc2cnnc(NCc3ccccc3OC)n2)cc1. The van der Waals surface area contributed by atoms with E-state index in [1.165, 1.54) is 0 Å². The highest BCUT2D eigenvalue weighted by molar-refractivity contribution is 5.57. The topological polar surface area (TPSA) is 81.2 Å². The van der Waals surface area contributed by atoms with Gasteiger partial charge in [-0.15, -0.1) is 5.10 Å². The Bertz CT molecular complexity index is 824. The summed E-state index contributed by atoms with van der Waals surface area (Å²) in [6, 6.07) is 15.3. The molecule has 0 bridgehead atoms. The van der Waals surface area contributed by atoms with Crippen LogP contribution in [-0.2, 0) is 6.54 Å². The number of aromatic nitrogens is 3. The van der Waals surface area contributed by atoms with E-state index < -0.39 is 0 Å². The van der Waals surface area contributed by atoms with Crippen molar-refractivity contribution < 1.29 is 9.47 Å². The number of ether oxygens (including phenoxy) is 2. The first-order valence-corrected chi connectivity index (χ1v) is 7.75. The molecule has 25 heavy (non-hydrogen) atoms. The van der Waals surface area contributed by atoms with Crippen LogP contribution >= 0.6 is 0 Å². The first-order valence-electron chi connectivity index (χ1n) is 7.75. The summed E-state index contributed by atoms with van der Waals surface area (Å²) in [4.78, 5) is 4.41. The van der Waals surface area contributed by atoms with Crippen LogP contribution in [0.1, 0.15) is 5.56 Å². The standard InChI is InChI=1S/C18H19N5O2/c1-24-15-9-7-14(8-10-15)21-17-12-20-23-18(22-17)19-11-13-5-3-4-6-16(13)25-2/h3-10,12H,11H2,1-2H3,(H2,19,21,22,23). The lowest BCUT2D eigenvalue weighted by atomic mass is 10.2. The van der Waals surface area contributed by atoms with E-state index in [9.17, 15) is 0 Å². The largest absolute Gasteiger partial charge is 0.497 e. The van der Waals surface area contributed by atoms with E-state index in [1.54, 1.807) is 20.4 Å². The molecule has 7 heteroatoms. The predicted molar refractivity (Wildman–Crippen MR) is 96.4 cm³/mol. The fourth-order valence-corrected chi connectivity index (χ4v) is 2.28. The molecule has 0 saturated carbocycles. The highest BCUT2D eigenvalue weighted by atomic mass is 16.5. The molecule has 0 saturated heterocycles. The first kappa shape index (κ1) is 16.5. The van der Waals surface area contributed by atoms with E-state index in [2.05, 4.69) is 25.8 Å². The Hall–Kier alpha value is -3.35. The molecule has 1 heterocycles. The Kier molecular flexibility index (Phi) is 5.26. The average molecular weight is 337 g/mol. The second kappa shape index (κ2) is 7.96. The maximum Gasteiger partial charge on any atom is 0.244 e. The zero-order valence-corrected chi connectivity index (χ0v) is 14.1. The van der Waals surface area contributed by atoms with Crippen molar-refractivity contribution in [2.24, 2.45) is 0 Å². The van der Waals surface area contributed by atoms with E-state index in [0.717, 1.165) is 22.7 Å². The van der Waals surface area contributed by atoms with Gasteiger partial charge in [0.05, 0.1) is 20.4 Å². The van der Waals surface area contributed by atoms with E-state index in [-0.39, 0.29) is 0 Å².